The molecule has 0 heterocycles. The minimum atomic E-state index is 0.542. The summed E-state index contributed by atoms with van der Waals surface area (Å²) in [5, 5.41) is 0. The molecule has 0 aromatic rings. The standard InChI is InChI=1S/C27H45/c1-19(2)9-8-10-20(3)23-14-15-24-22-13-12-21-11-6-7-17-26(21,4)25(22)16-18-27(23,24)5/h6,12,19-20,22-25H,7-11,13-18H2,1-5H3/t20-,22+,23-,24+,25+,26+,27-/m1/s1. The largest absolute Gasteiger partial charge is 0.0845 e. The van der Waals surface area contributed by atoms with Crippen LogP contribution in [0.2, 0.25) is 0 Å². The first kappa shape index (κ1) is 20.0. The topological polar surface area (TPSA) is 0 Å². The van der Waals surface area contributed by atoms with E-state index in [1.807, 2.05) is 5.57 Å². The third kappa shape index (κ3) is 3.36. The van der Waals surface area contributed by atoms with Crippen LogP contribution >= 0.6 is 0 Å². The van der Waals surface area contributed by atoms with Gasteiger partial charge < -0.3 is 0 Å². The maximum Gasteiger partial charge on any atom is -0.00851 e. The highest BCUT2D eigenvalue weighted by atomic mass is 14.6. The van der Waals surface area contributed by atoms with Crippen molar-refractivity contribution in [2.75, 3.05) is 0 Å². The Bertz CT molecular complexity index is 556. The molecule has 0 unspecified atom stereocenters. The molecular formula is C27H45. The first-order valence-corrected chi connectivity index (χ1v) is 12.4. The van der Waals surface area contributed by atoms with Gasteiger partial charge in [-0.15, -0.1) is 0 Å². The first-order valence-electron chi connectivity index (χ1n) is 12.4. The zero-order valence-corrected chi connectivity index (χ0v) is 18.9. The van der Waals surface area contributed by atoms with Crippen molar-refractivity contribution in [3.05, 3.63) is 18.1 Å². The normalized spacial score (nSPS) is 45.0. The van der Waals surface area contributed by atoms with Crippen molar-refractivity contribution >= 4 is 0 Å². The van der Waals surface area contributed by atoms with Gasteiger partial charge in [-0.3, -0.25) is 0 Å². The van der Waals surface area contributed by atoms with Crippen molar-refractivity contribution in [3.8, 4) is 0 Å². The van der Waals surface area contributed by atoms with Gasteiger partial charge in [-0.1, -0.05) is 65.5 Å². The van der Waals surface area contributed by atoms with Crippen LogP contribution in [0.3, 0.4) is 0 Å². The van der Waals surface area contributed by atoms with E-state index in [0.717, 1.165) is 35.5 Å². The van der Waals surface area contributed by atoms with Crippen molar-refractivity contribution in [1.29, 1.82) is 0 Å². The first-order chi connectivity index (χ1) is 12.9. The van der Waals surface area contributed by atoms with Crippen molar-refractivity contribution in [2.45, 2.75) is 105 Å². The van der Waals surface area contributed by atoms with Gasteiger partial charge >= 0.3 is 0 Å². The highest BCUT2D eigenvalue weighted by molar-refractivity contribution is 5.26. The van der Waals surface area contributed by atoms with E-state index in [-0.39, 0.29) is 0 Å². The number of hydrogen-bond acceptors (Lipinski definition) is 0. The van der Waals surface area contributed by atoms with Gasteiger partial charge in [0.1, 0.15) is 0 Å². The Labute approximate surface area is 170 Å². The molecule has 0 amide bonds. The summed E-state index contributed by atoms with van der Waals surface area (Å²) in [6.45, 7) is 12.7. The average molecular weight is 370 g/mol. The quantitative estimate of drug-likeness (QED) is 0.428. The summed E-state index contributed by atoms with van der Waals surface area (Å²) >= 11 is 0. The van der Waals surface area contributed by atoms with E-state index in [2.05, 4.69) is 47.1 Å². The molecule has 27 heavy (non-hydrogen) atoms. The molecule has 0 saturated heterocycles. The SMILES string of the molecule is CC(C)CCC[C@@H](C)[C@H]1CC[C@H]2[C@@H]3CC=C4C[CH]CC[C@]4(C)[C@H]3CC[C@]12C. The Morgan fingerprint density at radius 1 is 1.00 bits per heavy atom. The second-order valence-electron chi connectivity index (χ2n) is 11.8. The lowest BCUT2D eigenvalue weighted by atomic mass is 9.47. The highest BCUT2D eigenvalue weighted by Gasteiger charge is 2.58. The van der Waals surface area contributed by atoms with Crippen LogP contribution in [0.25, 0.3) is 0 Å². The average Bonchev–Trinajstić information content (AvgIpc) is 2.98. The number of rotatable bonds is 5. The summed E-state index contributed by atoms with van der Waals surface area (Å²) < 4.78 is 0. The fraction of sp³-hybridized carbons (Fsp3) is 0.889. The molecule has 153 valence electrons. The molecule has 0 aromatic heterocycles. The molecular weight excluding hydrogens is 324 g/mol. The van der Waals surface area contributed by atoms with E-state index in [9.17, 15) is 0 Å². The summed E-state index contributed by atoms with van der Waals surface area (Å²) in [5.74, 6) is 5.78. The summed E-state index contributed by atoms with van der Waals surface area (Å²) in [6, 6.07) is 0. The molecule has 4 aliphatic carbocycles. The lowest BCUT2D eigenvalue weighted by Gasteiger charge is -2.58. The van der Waals surface area contributed by atoms with E-state index in [0.29, 0.717) is 10.8 Å². The molecule has 0 nitrogen and oxygen atoms in total. The van der Waals surface area contributed by atoms with Gasteiger partial charge in [0.2, 0.25) is 0 Å². The van der Waals surface area contributed by atoms with Gasteiger partial charge in [-0.2, -0.15) is 0 Å². The number of allylic oxidation sites excluding steroid dienone is 2. The van der Waals surface area contributed by atoms with Crippen LogP contribution in [0.4, 0.5) is 0 Å². The molecule has 0 bridgehead atoms. The van der Waals surface area contributed by atoms with E-state index in [1.54, 1.807) is 0 Å². The van der Waals surface area contributed by atoms with Gasteiger partial charge in [0.25, 0.3) is 0 Å². The van der Waals surface area contributed by atoms with Gasteiger partial charge in [-0.25, -0.2) is 0 Å². The van der Waals surface area contributed by atoms with Crippen LogP contribution in [0.1, 0.15) is 105 Å². The molecule has 1 radical (unpaired) electrons. The molecule has 3 fully saturated rings. The molecule has 0 heteroatoms. The number of fused-ring (bicyclic) bond motifs is 5. The summed E-state index contributed by atoms with van der Waals surface area (Å²) in [5.41, 5.74) is 3.00. The van der Waals surface area contributed by atoms with Crippen molar-refractivity contribution in [2.24, 2.45) is 46.3 Å². The molecule has 4 rings (SSSR count). The fourth-order valence-electron chi connectivity index (χ4n) is 8.50. The van der Waals surface area contributed by atoms with E-state index < -0.39 is 0 Å². The monoisotopic (exact) mass is 369 g/mol. The lowest BCUT2D eigenvalue weighted by molar-refractivity contribution is -0.0483. The van der Waals surface area contributed by atoms with E-state index >= 15 is 0 Å². The van der Waals surface area contributed by atoms with Crippen molar-refractivity contribution < 1.29 is 0 Å². The smallest absolute Gasteiger partial charge is 0.00851 e. The van der Waals surface area contributed by atoms with E-state index in [4.69, 9.17) is 0 Å². The van der Waals surface area contributed by atoms with Gasteiger partial charge in [-0.05, 0) is 104 Å². The summed E-state index contributed by atoms with van der Waals surface area (Å²) in [7, 11) is 0. The third-order valence-corrected chi connectivity index (χ3v) is 10.1. The highest BCUT2D eigenvalue weighted by Crippen LogP contribution is 2.67. The van der Waals surface area contributed by atoms with Gasteiger partial charge in [0.05, 0.1) is 0 Å². The van der Waals surface area contributed by atoms with Gasteiger partial charge in [0, 0.05) is 0 Å². The third-order valence-electron chi connectivity index (χ3n) is 10.1. The maximum absolute atomic E-state index is 2.72. The van der Waals surface area contributed by atoms with E-state index in [1.165, 1.54) is 70.6 Å². The summed E-state index contributed by atoms with van der Waals surface area (Å²) in [6.07, 6.45) is 21.2. The Morgan fingerprint density at radius 3 is 2.59 bits per heavy atom. The Hall–Kier alpha value is -0.260. The molecule has 7 atom stereocenters. The lowest BCUT2D eigenvalue weighted by Crippen LogP contribution is -2.50. The van der Waals surface area contributed by atoms with Crippen molar-refractivity contribution in [1.82, 2.24) is 0 Å². The van der Waals surface area contributed by atoms with Crippen LogP contribution in [0, 0.1) is 52.8 Å². The van der Waals surface area contributed by atoms with Crippen LogP contribution in [0.15, 0.2) is 11.6 Å². The Balaban J connectivity index is 1.49. The van der Waals surface area contributed by atoms with Crippen molar-refractivity contribution in [3.63, 3.8) is 0 Å². The number of hydrogen-bond donors (Lipinski definition) is 0. The minimum absolute atomic E-state index is 0.542. The summed E-state index contributed by atoms with van der Waals surface area (Å²) in [4.78, 5) is 0. The second-order valence-corrected chi connectivity index (χ2v) is 11.8. The predicted molar refractivity (Wildman–Crippen MR) is 117 cm³/mol. The zero-order valence-electron chi connectivity index (χ0n) is 18.9. The molecule has 0 aliphatic heterocycles. The molecule has 0 N–H and O–H groups in total. The maximum atomic E-state index is 2.72. The molecule has 0 aromatic carbocycles. The van der Waals surface area contributed by atoms with Crippen LogP contribution in [-0.4, -0.2) is 0 Å². The molecule has 0 spiro atoms. The van der Waals surface area contributed by atoms with Crippen LogP contribution in [-0.2, 0) is 0 Å². The molecule has 3 saturated carbocycles. The predicted octanol–water partition coefficient (Wildman–Crippen LogP) is 8.23. The van der Waals surface area contributed by atoms with Crippen LogP contribution in [0.5, 0.6) is 0 Å². The molecule has 4 aliphatic rings. The van der Waals surface area contributed by atoms with Gasteiger partial charge in [0.15, 0.2) is 0 Å². The zero-order chi connectivity index (χ0) is 19.2. The minimum Gasteiger partial charge on any atom is -0.0845 e. The Morgan fingerprint density at radius 2 is 1.81 bits per heavy atom. The Kier molecular flexibility index (Phi) is 5.59. The fourth-order valence-corrected chi connectivity index (χ4v) is 8.50. The second kappa shape index (κ2) is 7.53. The van der Waals surface area contributed by atoms with Crippen LogP contribution < -0.4 is 0 Å².